The van der Waals surface area contributed by atoms with Crippen LogP contribution in [-0.2, 0) is 9.47 Å². The van der Waals surface area contributed by atoms with Crippen LogP contribution < -0.4 is 4.74 Å². The molecule has 7 heteroatoms. The molecular formula is C18H21N3O4. The Morgan fingerprint density at radius 1 is 0.960 bits per heavy atom. The number of aliphatic hydroxyl groups is 1. The van der Waals surface area contributed by atoms with Crippen LogP contribution in [0, 0.1) is 0 Å². The van der Waals surface area contributed by atoms with Crippen molar-refractivity contribution in [1.82, 2.24) is 14.5 Å². The number of nitrogens with zero attached hydrogens (tertiary/aromatic N) is 3. The smallest absolute Gasteiger partial charge is 0.140 e. The van der Waals surface area contributed by atoms with Crippen LogP contribution in [0.5, 0.6) is 5.75 Å². The fourth-order valence-corrected chi connectivity index (χ4v) is 2.40. The number of aliphatic hydroxyl groups excluding tert-OH is 1. The zero-order chi connectivity index (χ0) is 17.3. The van der Waals surface area contributed by atoms with E-state index in [-0.39, 0.29) is 6.61 Å². The average molecular weight is 343 g/mol. The lowest BCUT2D eigenvalue weighted by Gasteiger charge is -2.09. The highest BCUT2D eigenvalue weighted by molar-refractivity contribution is 5.80. The van der Waals surface area contributed by atoms with Crippen LogP contribution in [0.25, 0.3) is 16.7 Å². The molecule has 3 heterocycles. The average Bonchev–Trinajstić information content (AvgIpc) is 3.08. The van der Waals surface area contributed by atoms with E-state index in [9.17, 15) is 0 Å². The largest absolute Gasteiger partial charge is 0.491 e. The summed E-state index contributed by atoms with van der Waals surface area (Å²) in [6.45, 7) is 2.22. The van der Waals surface area contributed by atoms with E-state index in [1.165, 1.54) is 0 Å². The summed E-state index contributed by atoms with van der Waals surface area (Å²) in [6.07, 6.45) is 7.27. The summed E-state index contributed by atoms with van der Waals surface area (Å²) < 4.78 is 18.2. The Morgan fingerprint density at radius 3 is 2.68 bits per heavy atom. The monoisotopic (exact) mass is 343 g/mol. The van der Waals surface area contributed by atoms with Crippen LogP contribution in [0.3, 0.4) is 0 Å². The molecule has 0 fully saturated rings. The normalized spacial score (nSPS) is 11.1. The molecule has 0 aliphatic heterocycles. The molecule has 3 aromatic rings. The van der Waals surface area contributed by atoms with Gasteiger partial charge in [0, 0.05) is 30.0 Å². The Labute approximate surface area is 145 Å². The van der Waals surface area contributed by atoms with E-state index in [1.807, 2.05) is 41.2 Å². The highest BCUT2D eigenvalue weighted by Gasteiger charge is 2.05. The minimum Gasteiger partial charge on any atom is -0.491 e. The molecule has 0 saturated heterocycles. The maximum Gasteiger partial charge on any atom is 0.140 e. The van der Waals surface area contributed by atoms with Gasteiger partial charge in [-0.25, -0.2) is 4.98 Å². The molecule has 0 bridgehead atoms. The fourth-order valence-electron chi connectivity index (χ4n) is 2.40. The van der Waals surface area contributed by atoms with Gasteiger partial charge in [0.2, 0.25) is 0 Å². The third kappa shape index (κ3) is 4.76. The summed E-state index contributed by atoms with van der Waals surface area (Å²) in [5, 5.41) is 9.70. The molecule has 132 valence electrons. The highest BCUT2D eigenvalue weighted by Crippen LogP contribution is 2.20. The minimum absolute atomic E-state index is 0.0280. The minimum atomic E-state index is 0.0280. The van der Waals surface area contributed by atoms with Crippen molar-refractivity contribution in [3.63, 3.8) is 0 Å². The van der Waals surface area contributed by atoms with Gasteiger partial charge in [0.1, 0.15) is 18.2 Å². The zero-order valence-corrected chi connectivity index (χ0v) is 13.9. The second-order valence-electron chi connectivity index (χ2n) is 5.27. The molecule has 0 amide bonds. The summed E-state index contributed by atoms with van der Waals surface area (Å²) in [5.74, 6) is 1.51. The first-order valence-corrected chi connectivity index (χ1v) is 8.15. The number of aromatic nitrogens is 3. The van der Waals surface area contributed by atoms with Crippen molar-refractivity contribution in [3.05, 3.63) is 49.1 Å². The van der Waals surface area contributed by atoms with Crippen molar-refractivity contribution < 1.29 is 19.3 Å². The molecule has 3 aromatic heterocycles. The van der Waals surface area contributed by atoms with Gasteiger partial charge in [0.15, 0.2) is 0 Å². The molecule has 0 aliphatic rings. The van der Waals surface area contributed by atoms with Crippen LogP contribution in [0.1, 0.15) is 0 Å². The lowest BCUT2D eigenvalue weighted by atomic mass is 10.3. The number of hydrogen-bond acceptors (Lipinski definition) is 6. The van der Waals surface area contributed by atoms with Gasteiger partial charge in [-0.05, 0) is 18.2 Å². The SMILES string of the molecule is OCCOCCOCCOc1ccnc(-n2ccc3ccncc32)c1. The molecule has 0 unspecified atom stereocenters. The standard InChI is InChI=1S/C18H21N3O4/c22-7-8-23-9-10-24-11-12-25-16-2-5-20-18(13-16)21-6-3-15-1-4-19-14-17(15)21/h1-6,13-14,22H,7-12H2. The molecule has 1 N–H and O–H groups in total. The summed E-state index contributed by atoms with van der Waals surface area (Å²) in [7, 11) is 0. The second-order valence-corrected chi connectivity index (χ2v) is 5.27. The van der Waals surface area contributed by atoms with E-state index in [0.29, 0.717) is 33.0 Å². The van der Waals surface area contributed by atoms with E-state index in [1.54, 1.807) is 12.4 Å². The van der Waals surface area contributed by atoms with Crippen molar-refractivity contribution >= 4 is 10.9 Å². The number of rotatable bonds is 10. The highest BCUT2D eigenvalue weighted by atomic mass is 16.5. The predicted octanol–water partition coefficient (Wildman–Crippen LogP) is 1.82. The van der Waals surface area contributed by atoms with Crippen molar-refractivity contribution in [2.24, 2.45) is 0 Å². The van der Waals surface area contributed by atoms with Crippen LogP contribution in [0.2, 0.25) is 0 Å². The van der Waals surface area contributed by atoms with E-state index < -0.39 is 0 Å². The lowest BCUT2D eigenvalue weighted by Crippen LogP contribution is -2.12. The quantitative estimate of drug-likeness (QED) is 0.566. The first-order chi connectivity index (χ1) is 12.4. The number of fused-ring (bicyclic) bond motifs is 1. The van der Waals surface area contributed by atoms with Gasteiger partial charge < -0.3 is 19.3 Å². The summed E-state index contributed by atoms with van der Waals surface area (Å²) in [5.41, 5.74) is 0.998. The van der Waals surface area contributed by atoms with Crippen molar-refractivity contribution in [2.45, 2.75) is 0 Å². The van der Waals surface area contributed by atoms with E-state index in [4.69, 9.17) is 19.3 Å². The van der Waals surface area contributed by atoms with Gasteiger partial charge >= 0.3 is 0 Å². The molecule has 0 radical (unpaired) electrons. The van der Waals surface area contributed by atoms with Crippen LogP contribution >= 0.6 is 0 Å². The maximum absolute atomic E-state index is 8.59. The molecule has 0 aromatic carbocycles. The Hall–Kier alpha value is -2.48. The summed E-state index contributed by atoms with van der Waals surface area (Å²) in [4.78, 5) is 8.58. The molecule has 0 atom stereocenters. The van der Waals surface area contributed by atoms with E-state index >= 15 is 0 Å². The van der Waals surface area contributed by atoms with Crippen molar-refractivity contribution in [1.29, 1.82) is 0 Å². The Morgan fingerprint density at radius 2 is 1.80 bits per heavy atom. The van der Waals surface area contributed by atoms with E-state index in [0.717, 1.165) is 22.5 Å². The molecule has 0 saturated carbocycles. The fraction of sp³-hybridized carbons (Fsp3) is 0.333. The molecule has 3 rings (SSSR count). The maximum atomic E-state index is 8.59. The first kappa shape index (κ1) is 17.3. The Bertz CT molecular complexity index is 791. The molecule has 25 heavy (non-hydrogen) atoms. The van der Waals surface area contributed by atoms with Gasteiger partial charge in [0.25, 0.3) is 0 Å². The van der Waals surface area contributed by atoms with Gasteiger partial charge in [-0.3, -0.25) is 9.55 Å². The molecular weight excluding hydrogens is 322 g/mol. The van der Waals surface area contributed by atoms with Gasteiger partial charge in [-0.1, -0.05) is 0 Å². The second kappa shape index (κ2) is 9.12. The summed E-state index contributed by atoms with van der Waals surface area (Å²) in [6, 6.07) is 7.70. The summed E-state index contributed by atoms with van der Waals surface area (Å²) >= 11 is 0. The molecule has 0 aliphatic carbocycles. The van der Waals surface area contributed by atoms with Crippen LogP contribution in [-0.4, -0.2) is 59.3 Å². The van der Waals surface area contributed by atoms with Gasteiger partial charge in [-0.2, -0.15) is 0 Å². The van der Waals surface area contributed by atoms with Crippen LogP contribution in [0.4, 0.5) is 0 Å². The Kier molecular flexibility index (Phi) is 6.33. The van der Waals surface area contributed by atoms with Gasteiger partial charge in [0.05, 0.1) is 44.7 Å². The first-order valence-electron chi connectivity index (χ1n) is 8.15. The third-order valence-corrected chi connectivity index (χ3v) is 3.56. The topological polar surface area (TPSA) is 78.6 Å². The van der Waals surface area contributed by atoms with Crippen LogP contribution in [0.15, 0.2) is 49.1 Å². The number of pyridine rings is 2. The molecule has 0 spiro atoms. The Balaban J connectivity index is 1.52. The van der Waals surface area contributed by atoms with Crippen molar-refractivity contribution in [2.75, 3.05) is 39.6 Å². The number of hydrogen-bond donors (Lipinski definition) is 1. The van der Waals surface area contributed by atoms with E-state index in [2.05, 4.69) is 9.97 Å². The predicted molar refractivity (Wildman–Crippen MR) is 93.1 cm³/mol. The molecule has 7 nitrogen and oxygen atoms in total. The van der Waals surface area contributed by atoms with Crippen molar-refractivity contribution in [3.8, 4) is 11.6 Å². The lowest BCUT2D eigenvalue weighted by molar-refractivity contribution is 0.0247. The number of ether oxygens (including phenoxy) is 3. The van der Waals surface area contributed by atoms with Gasteiger partial charge in [-0.15, -0.1) is 0 Å². The zero-order valence-electron chi connectivity index (χ0n) is 13.9. The third-order valence-electron chi connectivity index (χ3n) is 3.56.